The number of aromatic nitrogens is 1. The highest BCUT2D eigenvalue weighted by molar-refractivity contribution is 6.31. The number of nitrogens with zero attached hydrogens (tertiary/aromatic N) is 2. The van der Waals surface area contributed by atoms with Gasteiger partial charge in [0, 0.05) is 60.2 Å². The second kappa shape index (κ2) is 10.9. The van der Waals surface area contributed by atoms with Gasteiger partial charge >= 0.3 is 5.97 Å². The van der Waals surface area contributed by atoms with Crippen LogP contribution < -0.4 is 5.32 Å². The van der Waals surface area contributed by atoms with Gasteiger partial charge in [0.25, 0.3) is 0 Å². The smallest absolute Gasteiger partial charge is 0.340 e. The van der Waals surface area contributed by atoms with Crippen LogP contribution in [0.5, 0.6) is 0 Å². The maximum atomic E-state index is 15.5. The van der Waals surface area contributed by atoms with Crippen LogP contribution in [0, 0.1) is 5.82 Å². The molecular formula is C33H31ClFN3O4. The van der Waals surface area contributed by atoms with Crippen molar-refractivity contribution in [2.45, 2.75) is 37.6 Å². The number of rotatable bonds is 6. The Morgan fingerprint density at radius 1 is 1.10 bits per heavy atom. The summed E-state index contributed by atoms with van der Waals surface area (Å²) in [5.41, 5.74) is 1.89. The zero-order chi connectivity index (χ0) is 28.8. The van der Waals surface area contributed by atoms with Gasteiger partial charge in [-0.05, 0) is 36.9 Å². The molecule has 0 amide bonds. The monoisotopic (exact) mass is 587 g/mol. The number of piperidine rings is 1. The second-order valence-corrected chi connectivity index (χ2v) is 11.8. The molecule has 2 fully saturated rings. The van der Waals surface area contributed by atoms with Gasteiger partial charge in [0.15, 0.2) is 5.78 Å². The van der Waals surface area contributed by atoms with E-state index in [2.05, 4.69) is 22.3 Å². The topological polar surface area (TPSA) is 72.8 Å². The molecule has 1 atom stereocenters. The molecule has 0 unspecified atom stereocenters. The Morgan fingerprint density at radius 3 is 2.71 bits per heavy atom. The number of carbonyl (C=O) groups is 2. The summed E-state index contributed by atoms with van der Waals surface area (Å²) in [4.78, 5) is 29.7. The van der Waals surface area contributed by atoms with E-state index in [0.717, 1.165) is 25.2 Å². The lowest BCUT2D eigenvalue weighted by molar-refractivity contribution is -0.0382. The Labute approximate surface area is 248 Å². The van der Waals surface area contributed by atoms with E-state index in [1.165, 1.54) is 11.6 Å². The Hall–Kier alpha value is -3.56. The predicted molar refractivity (Wildman–Crippen MR) is 157 cm³/mol. The first kappa shape index (κ1) is 27.3. The van der Waals surface area contributed by atoms with Gasteiger partial charge < -0.3 is 19.4 Å². The van der Waals surface area contributed by atoms with Crippen molar-refractivity contribution < 1.29 is 23.5 Å². The number of halogens is 2. The third-order valence-corrected chi connectivity index (χ3v) is 8.97. The predicted octanol–water partition coefficient (Wildman–Crippen LogP) is 5.31. The number of carbonyl (C=O) groups excluding carboxylic acids is 2. The fraction of sp³-hybridized carbons (Fsp3) is 0.333. The summed E-state index contributed by atoms with van der Waals surface area (Å²) in [7, 11) is 0. The number of benzene rings is 3. The van der Waals surface area contributed by atoms with Gasteiger partial charge in [-0.15, -0.1) is 0 Å². The van der Waals surface area contributed by atoms with E-state index in [9.17, 15) is 9.59 Å². The zero-order valence-corrected chi connectivity index (χ0v) is 23.8. The Balaban J connectivity index is 1.22. The average Bonchev–Trinajstić information content (AvgIpc) is 3.47. The lowest BCUT2D eigenvalue weighted by Gasteiger charge is -2.33. The number of nitrogens with one attached hydrogen (secondary N) is 1. The van der Waals surface area contributed by atoms with Gasteiger partial charge in [-0.25, -0.2) is 9.18 Å². The van der Waals surface area contributed by atoms with Crippen molar-refractivity contribution in [1.82, 2.24) is 14.8 Å². The van der Waals surface area contributed by atoms with Crippen molar-refractivity contribution in [3.05, 3.63) is 106 Å². The standard InChI is InChI=1S/C33H31ClFN3O4/c34-22-6-7-24-25(31(39)30-27(35)9-8-26-29(30)32(40)42-33(26)10-12-36-13-11-33)20-38(28(24)16-22)19-23-18-37(14-15-41-23)17-21-4-2-1-3-5-21/h1-9,16,20,23,36H,10-15,17-19H2/t23-/m1/s1. The molecule has 0 radical (unpaired) electrons. The maximum Gasteiger partial charge on any atom is 0.340 e. The number of morpholine rings is 1. The molecule has 1 spiro atoms. The van der Waals surface area contributed by atoms with Crippen LogP contribution in [0.4, 0.5) is 4.39 Å². The third kappa shape index (κ3) is 4.82. The van der Waals surface area contributed by atoms with Crippen molar-refractivity contribution in [3.8, 4) is 0 Å². The molecular weight excluding hydrogens is 557 g/mol. The molecule has 3 aliphatic heterocycles. The van der Waals surface area contributed by atoms with Crippen LogP contribution in [0.3, 0.4) is 0 Å². The molecule has 216 valence electrons. The quantitative estimate of drug-likeness (QED) is 0.243. The molecule has 7 nitrogen and oxygen atoms in total. The van der Waals surface area contributed by atoms with Gasteiger partial charge in [0.1, 0.15) is 11.4 Å². The third-order valence-electron chi connectivity index (χ3n) is 8.74. The van der Waals surface area contributed by atoms with Crippen LogP contribution in [0.1, 0.15) is 50.2 Å². The number of fused-ring (bicyclic) bond motifs is 3. The van der Waals surface area contributed by atoms with Crippen LogP contribution in [0.2, 0.25) is 5.02 Å². The molecule has 1 aromatic heterocycles. The minimum Gasteiger partial charge on any atom is -0.450 e. The van der Waals surface area contributed by atoms with Gasteiger partial charge in [-0.3, -0.25) is 9.69 Å². The summed E-state index contributed by atoms with van der Waals surface area (Å²) in [6.45, 7) is 4.82. The van der Waals surface area contributed by atoms with E-state index in [1.54, 1.807) is 24.4 Å². The number of ether oxygens (including phenoxy) is 2. The van der Waals surface area contributed by atoms with Gasteiger partial charge in [-0.2, -0.15) is 0 Å². The summed E-state index contributed by atoms with van der Waals surface area (Å²) in [6.07, 6.45) is 2.77. The Kier molecular flexibility index (Phi) is 7.10. The Bertz CT molecular complexity index is 1680. The second-order valence-electron chi connectivity index (χ2n) is 11.4. The summed E-state index contributed by atoms with van der Waals surface area (Å²) in [6, 6.07) is 18.5. The number of ketones is 1. The van der Waals surface area contributed by atoms with Gasteiger partial charge in [0.05, 0.1) is 35.9 Å². The molecule has 1 N–H and O–H groups in total. The van der Waals surface area contributed by atoms with Crippen molar-refractivity contribution in [3.63, 3.8) is 0 Å². The summed E-state index contributed by atoms with van der Waals surface area (Å²) < 4.78 is 29.4. The lowest BCUT2D eigenvalue weighted by atomic mass is 9.82. The Morgan fingerprint density at radius 2 is 1.90 bits per heavy atom. The normalized spacial score (nSPS) is 20.1. The molecule has 7 rings (SSSR count). The average molecular weight is 588 g/mol. The van der Waals surface area contributed by atoms with Crippen LogP contribution in [0.15, 0.2) is 66.9 Å². The molecule has 3 aliphatic rings. The summed E-state index contributed by atoms with van der Waals surface area (Å²) >= 11 is 6.39. The van der Waals surface area contributed by atoms with Gasteiger partial charge in [-0.1, -0.05) is 54.1 Å². The molecule has 0 aliphatic carbocycles. The molecule has 3 aromatic carbocycles. The molecule has 4 heterocycles. The van der Waals surface area contributed by atoms with Crippen molar-refractivity contribution >= 4 is 34.3 Å². The zero-order valence-electron chi connectivity index (χ0n) is 23.1. The van der Waals surface area contributed by atoms with Crippen LogP contribution in [0.25, 0.3) is 10.9 Å². The SMILES string of the molecule is O=C1OC2(CCNCC2)c2ccc(F)c(C(=O)c3cn(C[C@H]4CN(Cc5ccccc5)CCO4)c4cc(Cl)ccc34)c21. The number of hydrogen-bond donors (Lipinski definition) is 1. The van der Waals surface area contributed by atoms with E-state index in [-0.39, 0.29) is 17.2 Å². The summed E-state index contributed by atoms with van der Waals surface area (Å²) in [5, 5.41) is 4.44. The van der Waals surface area contributed by atoms with Crippen molar-refractivity contribution in [2.24, 2.45) is 0 Å². The lowest BCUT2D eigenvalue weighted by Crippen LogP contribution is -2.43. The highest BCUT2D eigenvalue weighted by atomic mass is 35.5. The first-order valence-electron chi connectivity index (χ1n) is 14.4. The van der Waals surface area contributed by atoms with E-state index >= 15 is 4.39 Å². The fourth-order valence-corrected chi connectivity index (χ4v) is 6.87. The molecule has 2 saturated heterocycles. The number of hydrogen-bond acceptors (Lipinski definition) is 6. The maximum absolute atomic E-state index is 15.5. The van der Waals surface area contributed by atoms with Crippen molar-refractivity contribution in [1.29, 1.82) is 0 Å². The first-order valence-corrected chi connectivity index (χ1v) is 14.8. The number of esters is 1. The molecule has 0 saturated carbocycles. The van der Waals surface area contributed by atoms with Gasteiger partial charge in [0.2, 0.25) is 0 Å². The van der Waals surface area contributed by atoms with Crippen LogP contribution >= 0.6 is 11.6 Å². The molecule has 4 aromatic rings. The summed E-state index contributed by atoms with van der Waals surface area (Å²) in [5.74, 6) is -1.92. The minimum atomic E-state index is -0.828. The first-order chi connectivity index (χ1) is 20.4. The van der Waals surface area contributed by atoms with E-state index in [4.69, 9.17) is 21.1 Å². The van der Waals surface area contributed by atoms with Crippen LogP contribution in [-0.4, -0.2) is 60.1 Å². The largest absolute Gasteiger partial charge is 0.450 e. The highest BCUT2D eigenvalue weighted by Crippen LogP contribution is 2.45. The molecule has 0 bridgehead atoms. The molecule has 9 heteroatoms. The van der Waals surface area contributed by atoms with Crippen molar-refractivity contribution in [2.75, 3.05) is 32.8 Å². The molecule has 42 heavy (non-hydrogen) atoms. The van der Waals surface area contributed by atoms with E-state index < -0.39 is 23.2 Å². The fourth-order valence-electron chi connectivity index (χ4n) is 6.70. The highest BCUT2D eigenvalue weighted by Gasteiger charge is 2.48. The minimum absolute atomic E-state index is 0.0453. The van der Waals surface area contributed by atoms with Crippen LogP contribution in [-0.2, 0) is 28.2 Å². The van der Waals surface area contributed by atoms with E-state index in [0.29, 0.717) is 60.6 Å². The van der Waals surface area contributed by atoms with E-state index in [1.807, 2.05) is 28.8 Å².